The van der Waals surface area contributed by atoms with Crippen LogP contribution >= 0.6 is 45.9 Å². The fraction of sp³-hybridized carbons (Fsp3) is 0.278. The number of ether oxygens (including phenoxy) is 2. The van der Waals surface area contributed by atoms with Crippen LogP contribution in [0, 0.1) is 13.8 Å². The van der Waals surface area contributed by atoms with Crippen molar-refractivity contribution in [2.75, 3.05) is 6.61 Å². The summed E-state index contributed by atoms with van der Waals surface area (Å²) in [6.07, 6.45) is 5.60. The normalized spacial score (nSPS) is 13.0. The molecular formula is C54H52Cl2N8O5S2. The molecule has 0 aliphatic heterocycles. The predicted molar refractivity (Wildman–Crippen MR) is 286 cm³/mol. The molecule has 13 nitrogen and oxygen atoms in total. The van der Waals surface area contributed by atoms with Crippen LogP contribution in [0.2, 0.25) is 10.0 Å². The predicted octanol–water partition coefficient (Wildman–Crippen LogP) is 13.5. The maximum Gasteiger partial charge on any atom is 0.337 e. The number of rotatable bonds is 10. The molecule has 0 unspecified atom stereocenters. The molecule has 6 aromatic heterocycles. The molecule has 0 saturated heterocycles. The van der Waals surface area contributed by atoms with E-state index in [4.69, 9.17) is 42.6 Å². The number of hydrogen-bond donors (Lipinski definition) is 2. The Morgan fingerprint density at radius 1 is 0.634 bits per heavy atom. The highest BCUT2D eigenvalue weighted by molar-refractivity contribution is 7.22. The second-order valence-corrected chi connectivity index (χ2v) is 22.2. The summed E-state index contributed by atoms with van der Waals surface area (Å²) >= 11 is 15.5. The topological polar surface area (TPSA) is 163 Å². The Labute approximate surface area is 428 Å². The number of aliphatic hydroxyl groups excluding tert-OH is 1. The molecule has 71 heavy (non-hydrogen) atoms. The number of aliphatic carboxylic acids is 1. The number of nitrogens with zero attached hydrogens (tertiary/aromatic N) is 8. The molecule has 364 valence electrons. The zero-order chi connectivity index (χ0) is 50.7. The first-order chi connectivity index (χ1) is 33.7. The molecule has 0 bridgehead atoms. The smallest absolute Gasteiger partial charge is 0.337 e. The molecule has 0 radical (unpaired) electrons. The Morgan fingerprint density at radius 2 is 1.06 bits per heavy atom. The molecule has 4 aromatic carbocycles. The van der Waals surface area contributed by atoms with Crippen molar-refractivity contribution in [3.05, 3.63) is 130 Å². The molecule has 17 heteroatoms. The second kappa shape index (κ2) is 19.4. The van der Waals surface area contributed by atoms with E-state index in [1.54, 1.807) is 45.2 Å². The maximum absolute atomic E-state index is 12.5. The Morgan fingerprint density at radius 3 is 1.46 bits per heavy atom. The Bertz CT molecular complexity index is 3630. The van der Waals surface area contributed by atoms with Crippen LogP contribution in [0.1, 0.15) is 76.0 Å². The molecule has 0 spiro atoms. The highest BCUT2D eigenvalue weighted by atomic mass is 35.5. The van der Waals surface area contributed by atoms with E-state index in [0.29, 0.717) is 15.6 Å². The molecule has 2 atom stereocenters. The fourth-order valence-corrected chi connectivity index (χ4v) is 11.2. The van der Waals surface area contributed by atoms with Gasteiger partial charge >= 0.3 is 5.97 Å². The van der Waals surface area contributed by atoms with Gasteiger partial charge in [-0.25, -0.2) is 24.7 Å². The number of pyridine rings is 2. The number of hydrogen-bond acceptors (Lipinski definition) is 12. The van der Waals surface area contributed by atoms with Crippen molar-refractivity contribution in [2.24, 2.45) is 14.1 Å². The number of aryl methyl sites for hydroxylation is 4. The number of benzene rings is 4. The number of aliphatic hydroxyl groups is 1. The molecule has 10 rings (SSSR count). The number of carboxylic acids is 1. The Hall–Kier alpha value is -6.17. The number of carbonyl (C=O) groups is 1. The number of aromatic nitrogens is 8. The van der Waals surface area contributed by atoms with Gasteiger partial charge in [0.05, 0.1) is 50.6 Å². The number of fused-ring (bicyclic) bond motifs is 4. The molecule has 0 saturated carbocycles. The van der Waals surface area contributed by atoms with Crippen molar-refractivity contribution >= 4 is 94.3 Å². The van der Waals surface area contributed by atoms with E-state index in [9.17, 15) is 15.0 Å². The molecule has 0 amide bonds. The fourth-order valence-electron chi connectivity index (χ4n) is 8.75. The van der Waals surface area contributed by atoms with Gasteiger partial charge in [-0.05, 0) is 132 Å². The average Bonchev–Trinajstić information content (AvgIpc) is 4.12. The van der Waals surface area contributed by atoms with Gasteiger partial charge in [0.25, 0.3) is 0 Å². The molecule has 0 aliphatic carbocycles. The van der Waals surface area contributed by atoms with Crippen LogP contribution in [0.3, 0.4) is 0 Å². The summed E-state index contributed by atoms with van der Waals surface area (Å²) in [5.41, 5.74) is 11.1. The van der Waals surface area contributed by atoms with E-state index in [0.717, 1.165) is 103 Å². The Kier molecular flexibility index (Phi) is 13.6. The van der Waals surface area contributed by atoms with E-state index in [-0.39, 0.29) is 6.61 Å². The quantitative estimate of drug-likeness (QED) is 0.134. The largest absolute Gasteiger partial charge is 0.479 e. The number of halogens is 2. The molecule has 2 N–H and O–H groups in total. The first kappa shape index (κ1) is 49.8. The van der Waals surface area contributed by atoms with Gasteiger partial charge < -0.3 is 19.7 Å². The summed E-state index contributed by atoms with van der Waals surface area (Å²) < 4.78 is 17.8. The van der Waals surface area contributed by atoms with Crippen LogP contribution in [0.4, 0.5) is 0 Å². The standard InChI is InChI=1S/C27H25ClN4O3S.C27H27ClN4O2S/c1-14-10-19-23(36-25(31-19)17-11-16-13-30-32(5)24(16)29-12-17)21(15-6-8-18(28)9-7-15)20(14)22(26(33)34)35-27(2,3)4;1-15-10-20-24(35-26(31-20)18-11-17-13-30-32(5)25(17)29-12-18)23(16-6-8-19(28)9-7-16)22(15)21(14-33)34-27(2,3)4/h6-13,22H,1-5H3,(H,33,34);6-13,21,33H,14H2,1-5H3/t22-;21-/m01/s1. The lowest BCUT2D eigenvalue weighted by Gasteiger charge is -2.29. The van der Waals surface area contributed by atoms with Gasteiger partial charge in [-0.15, -0.1) is 22.7 Å². The Balaban J connectivity index is 0.000000176. The van der Waals surface area contributed by atoms with Gasteiger partial charge in [0.2, 0.25) is 0 Å². The summed E-state index contributed by atoms with van der Waals surface area (Å²) in [6.45, 7) is 15.4. The monoisotopic (exact) mass is 1030 g/mol. The summed E-state index contributed by atoms with van der Waals surface area (Å²) in [4.78, 5) is 31.5. The molecule has 0 aliphatic rings. The van der Waals surface area contributed by atoms with Gasteiger partial charge in [-0.2, -0.15) is 10.2 Å². The summed E-state index contributed by atoms with van der Waals surface area (Å²) in [5.74, 6) is -1.04. The van der Waals surface area contributed by atoms with E-state index in [1.165, 1.54) is 11.3 Å². The third-order valence-electron chi connectivity index (χ3n) is 11.7. The zero-order valence-electron chi connectivity index (χ0n) is 40.9. The van der Waals surface area contributed by atoms with Crippen LogP contribution < -0.4 is 0 Å². The first-order valence-electron chi connectivity index (χ1n) is 22.8. The van der Waals surface area contributed by atoms with Crippen LogP contribution in [0.15, 0.2) is 97.6 Å². The van der Waals surface area contributed by atoms with Crippen LogP contribution in [-0.4, -0.2) is 73.5 Å². The SMILES string of the molecule is Cc1cc2nc(-c3cnc4c(cnn4C)c3)sc2c(-c2ccc(Cl)cc2)c1[C@@H](CO)OC(C)(C)C.Cc1cc2nc(-c3cnc4c(cnn4C)c3)sc2c(-c2ccc(Cl)cc2)c1[C@H](OC(C)(C)C)C(=O)O. The van der Waals surface area contributed by atoms with Crippen molar-refractivity contribution < 1.29 is 24.5 Å². The summed E-state index contributed by atoms with van der Waals surface area (Å²) in [5, 5.41) is 34.0. The van der Waals surface area contributed by atoms with Crippen LogP contribution in [0.5, 0.6) is 0 Å². The maximum atomic E-state index is 12.5. The van der Waals surface area contributed by atoms with Crippen molar-refractivity contribution in [2.45, 2.75) is 78.8 Å². The van der Waals surface area contributed by atoms with E-state index in [1.807, 2.05) is 130 Å². The van der Waals surface area contributed by atoms with Crippen molar-refractivity contribution in [3.8, 4) is 43.4 Å². The van der Waals surface area contributed by atoms with Crippen LogP contribution in [-0.2, 0) is 28.4 Å². The van der Waals surface area contributed by atoms with E-state index >= 15 is 0 Å². The average molecular weight is 1030 g/mol. The molecule has 10 aromatic rings. The molecule has 0 fully saturated rings. The summed E-state index contributed by atoms with van der Waals surface area (Å²) in [6, 6.07) is 23.3. The number of carboxylic acid groups (broad SMARTS) is 1. The van der Waals surface area contributed by atoms with Gasteiger partial charge in [0.15, 0.2) is 17.4 Å². The van der Waals surface area contributed by atoms with Gasteiger partial charge in [0.1, 0.15) is 16.1 Å². The molecular weight excluding hydrogens is 976 g/mol. The van der Waals surface area contributed by atoms with Gasteiger partial charge in [-0.3, -0.25) is 9.36 Å². The highest BCUT2D eigenvalue weighted by Gasteiger charge is 2.33. The lowest BCUT2D eigenvalue weighted by Crippen LogP contribution is -2.28. The van der Waals surface area contributed by atoms with Crippen molar-refractivity contribution in [1.82, 2.24) is 39.5 Å². The van der Waals surface area contributed by atoms with Gasteiger partial charge in [-0.1, -0.05) is 47.5 Å². The minimum atomic E-state index is -1.15. The third kappa shape index (κ3) is 10.3. The van der Waals surface area contributed by atoms with Crippen molar-refractivity contribution in [3.63, 3.8) is 0 Å². The zero-order valence-corrected chi connectivity index (χ0v) is 44.0. The lowest BCUT2D eigenvalue weighted by atomic mass is 9.91. The minimum Gasteiger partial charge on any atom is -0.479 e. The van der Waals surface area contributed by atoms with E-state index in [2.05, 4.69) is 32.3 Å². The molecule has 6 heterocycles. The summed E-state index contributed by atoms with van der Waals surface area (Å²) in [7, 11) is 3.74. The highest BCUT2D eigenvalue weighted by Crippen LogP contribution is 2.46. The van der Waals surface area contributed by atoms with E-state index < -0.39 is 29.4 Å². The van der Waals surface area contributed by atoms with Crippen LogP contribution in [0.25, 0.3) is 85.9 Å². The van der Waals surface area contributed by atoms with Crippen molar-refractivity contribution in [1.29, 1.82) is 0 Å². The minimum absolute atomic E-state index is 0.128. The number of thiazole rings is 2. The third-order valence-corrected chi connectivity index (χ3v) is 14.5. The lowest BCUT2D eigenvalue weighted by molar-refractivity contribution is -0.160. The first-order valence-corrected chi connectivity index (χ1v) is 25.2. The second-order valence-electron chi connectivity index (χ2n) is 19.4. The van der Waals surface area contributed by atoms with Gasteiger partial charge in [0, 0.05) is 75.1 Å².